The zero-order chi connectivity index (χ0) is 17.4. The van der Waals surface area contributed by atoms with Crippen LogP contribution in [0.15, 0.2) is 33.9 Å². The molecule has 3 aromatic rings. The average molecular weight is 350 g/mol. The lowest BCUT2D eigenvalue weighted by Crippen LogP contribution is -2.34. The van der Waals surface area contributed by atoms with Crippen molar-refractivity contribution in [3.8, 4) is 11.6 Å². The van der Waals surface area contributed by atoms with Crippen LogP contribution < -0.4 is 16.0 Å². The van der Waals surface area contributed by atoms with Gasteiger partial charge in [0.25, 0.3) is 5.56 Å². The molecule has 1 aromatic carbocycles. The highest BCUT2D eigenvalue weighted by atomic mass is 35.5. The predicted molar refractivity (Wildman–Crippen MR) is 87.7 cm³/mol. The van der Waals surface area contributed by atoms with Gasteiger partial charge in [-0.05, 0) is 25.1 Å². The fourth-order valence-corrected chi connectivity index (χ4v) is 2.63. The number of nitrogens with zero attached hydrogens (tertiary/aromatic N) is 1. The van der Waals surface area contributed by atoms with Gasteiger partial charge in [-0.25, -0.2) is 14.2 Å². The van der Waals surface area contributed by atoms with Gasteiger partial charge in [0.15, 0.2) is 11.6 Å². The molecular weight excluding hydrogens is 338 g/mol. The fourth-order valence-electron chi connectivity index (χ4n) is 2.46. The Balaban J connectivity index is 2.39. The number of aromatic carboxylic acids is 1. The van der Waals surface area contributed by atoms with Crippen molar-refractivity contribution in [2.45, 2.75) is 6.92 Å². The zero-order valence-corrected chi connectivity index (χ0v) is 13.2. The van der Waals surface area contributed by atoms with Crippen molar-refractivity contribution in [1.82, 2.24) is 14.5 Å². The first kappa shape index (κ1) is 15.9. The summed E-state index contributed by atoms with van der Waals surface area (Å²) in [5.41, 5.74) is -1.45. The summed E-state index contributed by atoms with van der Waals surface area (Å²) in [6, 6.07) is 5.71. The number of rotatable bonds is 4. The first-order valence-electron chi connectivity index (χ1n) is 6.96. The fraction of sp³-hybridized carbons (Fsp3) is 0.133. The van der Waals surface area contributed by atoms with Crippen molar-refractivity contribution in [1.29, 1.82) is 0 Å². The number of fused-ring (bicyclic) bond motifs is 1. The van der Waals surface area contributed by atoms with Crippen LogP contribution in [0.4, 0.5) is 0 Å². The van der Waals surface area contributed by atoms with Gasteiger partial charge in [0.05, 0.1) is 18.4 Å². The monoisotopic (exact) mass is 349 g/mol. The highest BCUT2D eigenvalue weighted by Crippen LogP contribution is 2.27. The lowest BCUT2D eigenvalue weighted by Gasteiger charge is -2.07. The number of carboxylic acids is 1. The Kier molecular flexibility index (Phi) is 3.90. The summed E-state index contributed by atoms with van der Waals surface area (Å²) in [7, 11) is 0. The maximum atomic E-state index is 12.4. The van der Waals surface area contributed by atoms with Crippen LogP contribution in [-0.4, -0.2) is 32.2 Å². The Labute approximate surface area is 139 Å². The quantitative estimate of drug-likeness (QED) is 0.663. The van der Waals surface area contributed by atoms with Gasteiger partial charge in [-0.3, -0.25) is 9.78 Å². The number of nitrogens with one attached hydrogen (secondary N) is 2. The first-order chi connectivity index (χ1) is 11.4. The summed E-state index contributed by atoms with van der Waals surface area (Å²) in [6.45, 7) is 1.97. The second kappa shape index (κ2) is 5.89. The van der Waals surface area contributed by atoms with Crippen molar-refractivity contribution < 1.29 is 14.6 Å². The largest absolute Gasteiger partial charge is 0.479 e. The van der Waals surface area contributed by atoms with Gasteiger partial charge in [0, 0.05) is 15.9 Å². The molecule has 0 radical (unpaired) electrons. The van der Waals surface area contributed by atoms with Crippen LogP contribution in [0.1, 0.15) is 17.4 Å². The van der Waals surface area contributed by atoms with Gasteiger partial charge in [0.2, 0.25) is 0 Å². The normalized spacial score (nSPS) is 10.9. The van der Waals surface area contributed by atoms with Gasteiger partial charge in [-0.1, -0.05) is 11.6 Å². The number of halogens is 1. The van der Waals surface area contributed by atoms with Crippen molar-refractivity contribution in [3.05, 3.63) is 55.8 Å². The van der Waals surface area contributed by atoms with Crippen LogP contribution >= 0.6 is 11.6 Å². The number of aromatic nitrogens is 3. The lowest BCUT2D eigenvalue weighted by atomic mass is 10.2. The van der Waals surface area contributed by atoms with Crippen molar-refractivity contribution >= 4 is 28.5 Å². The maximum absolute atomic E-state index is 12.4. The summed E-state index contributed by atoms with van der Waals surface area (Å²) in [4.78, 5) is 41.3. The molecule has 124 valence electrons. The predicted octanol–water partition coefficient (Wildman–Crippen LogP) is 1.76. The molecule has 0 aliphatic carbocycles. The molecule has 3 N–H and O–H groups in total. The van der Waals surface area contributed by atoms with Crippen molar-refractivity contribution in [2.24, 2.45) is 0 Å². The van der Waals surface area contributed by atoms with Crippen LogP contribution in [-0.2, 0) is 0 Å². The summed E-state index contributed by atoms with van der Waals surface area (Å²) >= 11 is 5.96. The van der Waals surface area contributed by atoms with Gasteiger partial charge in [-0.15, -0.1) is 0 Å². The minimum Gasteiger partial charge on any atom is -0.479 e. The van der Waals surface area contributed by atoms with E-state index in [2.05, 4.69) is 9.97 Å². The van der Waals surface area contributed by atoms with E-state index in [1.165, 1.54) is 6.07 Å². The molecule has 0 saturated heterocycles. The minimum absolute atomic E-state index is 0.0125. The molecular formula is C15H12ClN3O5. The van der Waals surface area contributed by atoms with E-state index in [9.17, 15) is 19.5 Å². The maximum Gasteiger partial charge on any atom is 0.354 e. The van der Waals surface area contributed by atoms with Gasteiger partial charge in [0.1, 0.15) is 0 Å². The molecule has 9 heteroatoms. The number of aromatic amines is 2. The number of H-pyrrole nitrogens is 2. The number of carboxylic acid groups (broad SMARTS) is 1. The molecule has 0 saturated carbocycles. The van der Waals surface area contributed by atoms with E-state index in [0.717, 1.165) is 10.6 Å². The summed E-state index contributed by atoms with van der Waals surface area (Å²) in [6.07, 6.45) is 0. The molecule has 0 unspecified atom stereocenters. The Morgan fingerprint density at radius 1 is 1.29 bits per heavy atom. The number of hydrogen-bond donors (Lipinski definition) is 3. The van der Waals surface area contributed by atoms with Crippen LogP contribution in [0.25, 0.3) is 16.6 Å². The Bertz CT molecular complexity index is 1030. The number of ether oxygens (including phenoxy) is 1. The van der Waals surface area contributed by atoms with E-state index in [0.29, 0.717) is 15.9 Å². The van der Waals surface area contributed by atoms with E-state index in [-0.39, 0.29) is 23.9 Å². The van der Waals surface area contributed by atoms with Crippen LogP contribution in [0.2, 0.25) is 5.02 Å². The van der Waals surface area contributed by atoms with Crippen LogP contribution in [0.3, 0.4) is 0 Å². The second-order valence-electron chi connectivity index (χ2n) is 4.89. The molecule has 0 spiro atoms. The highest BCUT2D eigenvalue weighted by Gasteiger charge is 2.22. The molecule has 2 aromatic heterocycles. The Morgan fingerprint density at radius 2 is 2.04 bits per heavy atom. The molecule has 0 atom stereocenters. The first-order valence-corrected chi connectivity index (χ1v) is 7.34. The average Bonchev–Trinajstić information content (AvgIpc) is 2.86. The molecule has 0 amide bonds. The minimum atomic E-state index is -1.31. The summed E-state index contributed by atoms with van der Waals surface area (Å²) in [5.74, 6) is -1.30. The van der Waals surface area contributed by atoms with Gasteiger partial charge >= 0.3 is 11.7 Å². The molecule has 0 aliphatic rings. The smallest absolute Gasteiger partial charge is 0.354 e. The third kappa shape index (κ3) is 2.56. The van der Waals surface area contributed by atoms with Crippen LogP contribution in [0.5, 0.6) is 5.88 Å². The van der Waals surface area contributed by atoms with E-state index in [4.69, 9.17) is 16.3 Å². The molecule has 2 heterocycles. The van der Waals surface area contributed by atoms with E-state index in [1.54, 1.807) is 19.1 Å². The third-order valence-electron chi connectivity index (χ3n) is 3.38. The topological polar surface area (TPSA) is 117 Å². The zero-order valence-electron chi connectivity index (χ0n) is 12.4. The SMILES string of the molecule is CCOc1cc(=O)n(-c2c(C(=O)O)[nH]c3ccc(Cl)cc23)c(=O)[nH]1. The number of benzene rings is 1. The number of carbonyl (C=O) groups is 1. The Hall–Kier alpha value is -3.00. The van der Waals surface area contributed by atoms with E-state index < -0.39 is 17.2 Å². The standard InChI is InChI=1S/C15H12ClN3O5/c1-2-24-10-6-11(20)19(15(23)18-10)13-8-5-7(16)3-4-9(8)17-12(13)14(21)22/h3-6,17H,2H2,1H3,(H,18,23)(H,21,22). The summed E-state index contributed by atoms with van der Waals surface area (Å²) < 4.78 is 5.85. The summed E-state index contributed by atoms with van der Waals surface area (Å²) in [5, 5.41) is 10.1. The van der Waals surface area contributed by atoms with E-state index >= 15 is 0 Å². The van der Waals surface area contributed by atoms with Crippen molar-refractivity contribution in [2.75, 3.05) is 6.61 Å². The highest BCUT2D eigenvalue weighted by molar-refractivity contribution is 6.31. The molecule has 24 heavy (non-hydrogen) atoms. The van der Waals surface area contributed by atoms with E-state index in [1.807, 2.05) is 0 Å². The Morgan fingerprint density at radius 3 is 2.67 bits per heavy atom. The molecule has 8 nitrogen and oxygen atoms in total. The van der Waals surface area contributed by atoms with Crippen LogP contribution in [0, 0.1) is 0 Å². The molecule has 0 aliphatic heterocycles. The molecule has 3 rings (SSSR count). The molecule has 0 bridgehead atoms. The number of hydrogen-bond acceptors (Lipinski definition) is 4. The van der Waals surface area contributed by atoms with Gasteiger partial charge < -0.3 is 14.8 Å². The van der Waals surface area contributed by atoms with Crippen molar-refractivity contribution in [3.63, 3.8) is 0 Å². The molecule has 0 fully saturated rings. The third-order valence-corrected chi connectivity index (χ3v) is 3.61. The van der Waals surface area contributed by atoms with Gasteiger partial charge in [-0.2, -0.15) is 0 Å². The lowest BCUT2D eigenvalue weighted by molar-refractivity contribution is 0.0691. The second-order valence-corrected chi connectivity index (χ2v) is 5.33.